The van der Waals surface area contributed by atoms with Crippen LogP contribution in [0.25, 0.3) is 0 Å². The number of rotatable bonds is 2. The SMILES string of the molecule is O=[N+]([O-])c1csc([N+](=O)[O-])c1I. The van der Waals surface area contributed by atoms with Crippen LogP contribution in [0.4, 0.5) is 10.7 Å². The van der Waals surface area contributed by atoms with Gasteiger partial charge >= 0.3 is 10.7 Å². The summed E-state index contributed by atoms with van der Waals surface area (Å²) in [5, 5.41) is 21.5. The van der Waals surface area contributed by atoms with Gasteiger partial charge in [-0.05, 0) is 22.6 Å². The van der Waals surface area contributed by atoms with Gasteiger partial charge in [-0.25, -0.2) is 0 Å². The molecule has 0 saturated carbocycles. The zero-order valence-electron chi connectivity index (χ0n) is 5.39. The summed E-state index contributed by atoms with van der Waals surface area (Å²) >= 11 is 2.36. The van der Waals surface area contributed by atoms with E-state index in [0.717, 1.165) is 11.3 Å². The first-order valence-corrected chi connectivity index (χ1v) is 4.55. The normalized spacial score (nSPS) is 9.75. The number of hydrogen-bond acceptors (Lipinski definition) is 5. The topological polar surface area (TPSA) is 86.3 Å². The molecule has 1 aromatic heterocycles. The van der Waals surface area contributed by atoms with Crippen LogP contribution in [-0.4, -0.2) is 9.85 Å². The first-order valence-electron chi connectivity index (χ1n) is 2.59. The molecule has 12 heavy (non-hydrogen) atoms. The van der Waals surface area contributed by atoms with E-state index in [-0.39, 0.29) is 14.3 Å². The molecule has 0 radical (unpaired) electrons. The van der Waals surface area contributed by atoms with E-state index in [4.69, 9.17) is 0 Å². The van der Waals surface area contributed by atoms with E-state index >= 15 is 0 Å². The predicted octanol–water partition coefficient (Wildman–Crippen LogP) is 2.17. The summed E-state index contributed by atoms with van der Waals surface area (Å²) in [4.78, 5) is 19.2. The van der Waals surface area contributed by atoms with Crippen LogP contribution < -0.4 is 0 Å². The van der Waals surface area contributed by atoms with Crippen molar-refractivity contribution in [1.29, 1.82) is 0 Å². The largest absolute Gasteiger partial charge is 0.344 e. The van der Waals surface area contributed by atoms with Crippen LogP contribution in [0.1, 0.15) is 0 Å². The lowest BCUT2D eigenvalue weighted by atomic mass is 10.5. The number of thiophene rings is 1. The molecule has 0 bridgehead atoms. The molecule has 0 aliphatic heterocycles. The van der Waals surface area contributed by atoms with Crippen LogP contribution in [0.3, 0.4) is 0 Å². The lowest BCUT2D eigenvalue weighted by Crippen LogP contribution is -1.90. The predicted molar refractivity (Wildman–Crippen MR) is 50.3 cm³/mol. The zero-order valence-corrected chi connectivity index (χ0v) is 8.36. The van der Waals surface area contributed by atoms with Crippen molar-refractivity contribution in [1.82, 2.24) is 0 Å². The fourth-order valence-corrected chi connectivity index (χ4v) is 2.43. The van der Waals surface area contributed by atoms with Crippen molar-refractivity contribution in [3.8, 4) is 0 Å². The van der Waals surface area contributed by atoms with Crippen molar-refractivity contribution in [2.24, 2.45) is 0 Å². The number of hydrogen-bond donors (Lipinski definition) is 0. The molecule has 0 aliphatic rings. The lowest BCUT2D eigenvalue weighted by molar-refractivity contribution is -0.392. The lowest BCUT2D eigenvalue weighted by Gasteiger charge is -1.85. The second-order valence-electron chi connectivity index (χ2n) is 1.75. The van der Waals surface area contributed by atoms with Crippen LogP contribution in [0.15, 0.2) is 5.38 Å². The van der Waals surface area contributed by atoms with E-state index in [9.17, 15) is 20.2 Å². The molecule has 64 valence electrons. The Morgan fingerprint density at radius 2 is 1.92 bits per heavy atom. The molecule has 1 aromatic rings. The minimum absolute atomic E-state index is 0.0904. The summed E-state index contributed by atoms with van der Waals surface area (Å²) in [5.41, 5.74) is -0.202. The highest BCUT2D eigenvalue weighted by Gasteiger charge is 2.25. The molecule has 0 fully saturated rings. The Hall–Kier alpha value is -0.770. The summed E-state index contributed by atoms with van der Waals surface area (Å²) in [6, 6.07) is 0. The summed E-state index contributed by atoms with van der Waals surface area (Å²) in [7, 11) is 0. The second-order valence-corrected chi connectivity index (χ2v) is 3.69. The van der Waals surface area contributed by atoms with Gasteiger partial charge in [-0.2, -0.15) is 0 Å². The molecule has 0 aromatic carbocycles. The van der Waals surface area contributed by atoms with Gasteiger partial charge in [-0.15, -0.1) is 0 Å². The average Bonchev–Trinajstić information content (AvgIpc) is 2.30. The Labute approximate surface area is 83.6 Å². The van der Waals surface area contributed by atoms with Gasteiger partial charge in [-0.3, -0.25) is 20.2 Å². The Bertz CT molecular complexity index is 317. The summed E-state index contributed by atoms with van der Waals surface area (Å²) < 4.78 is 0.0904. The summed E-state index contributed by atoms with van der Waals surface area (Å²) in [6.45, 7) is 0. The molecule has 0 unspecified atom stereocenters. The molecular weight excluding hydrogens is 299 g/mol. The Morgan fingerprint density at radius 1 is 1.33 bits per heavy atom. The maximum absolute atomic E-state index is 10.2. The smallest absolute Gasteiger partial charge is 0.258 e. The average molecular weight is 300 g/mol. The second kappa shape index (κ2) is 3.31. The molecule has 0 spiro atoms. The van der Waals surface area contributed by atoms with E-state index in [1.165, 1.54) is 5.38 Å². The molecular formula is C4HIN2O4S. The highest BCUT2D eigenvalue weighted by molar-refractivity contribution is 14.1. The van der Waals surface area contributed by atoms with Crippen molar-refractivity contribution in [3.05, 3.63) is 29.2 Å². The minimum Gasteiger partial charge on any atom is -0.258 e. The van der Waals surface area contributed by atoms with E-state index in [1.807, 2.05) is 0 Å². The third kappa shape index (κ3) is 1.53. The van der Waals surface area contributed by atoms with Crippen molar-refractivity contribution < 1.29 is 9.85 Å². The molecule has 0 amide bonds. The Kier molecular flexibility index (Phi) is 2.57. The number of nitrogens with zero attached hydrogens (tertiary/aromatic N) is 2. The summed E-state index contributed by atoms with van der Waals surface area (Å²) in [5.74, 6) is 0. The molecule has 1 rings (SSSR count). The van der Waals surface area contributed by atoms with Gasteiger partial charge in [0, 0.05) is 0 Å². The van der Waals surface area contributed by atoms with Gasteiger partial charge in [0.15, 0.2) is 3.57 Å². The standard InChI is InChI=1S/C4HIN2O4S/c5-3-2(6(8)9)1-12-4(3)7(10)11/h1H. The third-order valence-electron chi connectivity index (χ3n) is 1.06. The summed E-state index contributed by atoms with van der Waals surface area (Å²) in [6.07, 6.45) is 0. The van der Waals surface area contributed by atoms with E-state index in [2.05, 4.69) is 0 Å². The molecule has 0 aliphatic carbocycles. The quantitative estimate of drug-likeness (QED) is 0.476. The van der Waals surface area contributed by atoms with Crippen LogP contribution in [0, 0.1) is 23.8 Å². The molecule has 8 heteroatoms. The fraction of sp³-hybridized carbons (Fsp3) is 0. The van der Waals surface area contributed by atoms with E-state index < -0.39 is 9.85 Å². The monoisotopic (exact) mass is 300 g/mol. The van der Waals surface area contributed by atoms with Gasteiger partial charge in [0.25, 0.3) is 0 Å². The molecule has 1 heterocycles. The van der Waals surface area contributed by atoms with Gasteiger partial charge in [0.05, 0.1) is 15.2 Å². The van der Waals surface area contributed by atoms with Crippen molar-refractivity contribution in [3.63, 3.8) is 0 Å². The van der Waals surface area contributed by atoms with Crippen LogP contribution in [0.2, 0.25) is 0 Å². The van der Waals surface area contributed by atoms with Crippen molar-refractivity contribution >= 4 is 44.6 Å². The van der Waals surface area contributed by atoms with E-state index in [1.54, 1.807) is 22.6 Å². The first-order chi connectivity index (χ1) is 5.54. The minimum atomic E-state index is -0.634. The third-order valence-corrected chi connectivity index (χ3v) is 3.40. The van der Waals surface area contributed by atoms with Crippen LogP contribution in [-0.2, 0) is 0 Å². The maximum Gasteiger partial charge on any atom is 0.344 e. The van der Waals surface area contributed by atoms with Crippen molar-refractivity contribution in [2.45, 2.75) is 0 Å². The Morgan fingerprint density at radius 3 is 2.17 bits per heavy atom. The molecule has 0 N–H and O–H groups in total. The van der Waals surface area contributed by atoms with E-state index in [0.29, 0.717) is 0 Å². The van der Waals surface area contributed by atoms with Gasteiger partial charge < -0.3 is 0 Å². The van der Waals surface area contributed by atoms with Gasteiger partial charge in [-0.1, -0.05) is 11.3 Å². The van der Waals surface area contributed by atoms with Crippen LogP contribution >= 0.6 is 33.9 Å². The maximum atomic E-state index is 10.2. The van der Waals surface area contributed by atoms with Gasteiger partial charge in [0.2, 0.25) is 0 Å². The highest BCUT2D eigenvalue weighted by atomic mass is 127. The molecule has 0 saturated heterocycles. The van der Waals surface area contributed by atoms with Crippen molar-refractivity contribution in [2.75, 3.05) is 0 Å². The zero-order chi connectivity index (χ0) is 9.30. The fourth-order valence-electron chi connectivity index (χ4n) is 0.571. The first kappa shape index (κ1) is 9.32. The highest BCUT2D eigenvalue weighted by Crippen LogP contribution is 2.35. The number of nitro groups is 2. The van der Waals surface area contributed by atoms with Crippen LogP contribution in [0.5, 0.6) is 0 Å². The molecule has 6 nitrogen and oxygen atoms in total. The Balaban J connectivity index is 3.22. The molecule has 0 atom stereocenters. The number of halogens is 1. The van der Waals surface area contributed by atoms with Gasteiger partial charge in [0.1, 0.15) is 0 Å².